The fourth-order valence-corrected chi connectivity index (χ4v) is 4.81. The Morgan fingerprint density at radius 1 is 1.00 bits per heavy atom. The van der Waals surface area contributed by atoms with E-state index >= 15 is 0 Å². The summed E-state index contributed by atoms with van der Waals surface area (Å²) in [6, 6.07) is 12.9. The van der Waals surface area contributed by atoms with E-state index in [1.165, 1.54) is 6.07 Å². The van der Waals surface area contributed by atoms with Crippen LogP contribution in [0.25, 0.3) is 0 Å². The first-order chi connectivity index (χ1) is 15.2. The van der Waals surface area contributed by atoms with Crippen molar-refractivity contribution in [3.8, 4) is 0 Å². The minimum atomic E-state index is -4.56. The number of thiazole rings is 1. The van der Waals surface area contributed by atoms with E-state index in [9.17, 15) is 13.2 Å². The fourth-order valence-electron chi connectivity index (χ4n) is 3.19. The summed E-state index contributed by atoms with van der Waals surface area (Å²) in [5, 5.41) is 3.45. The van der Waals surface area contributed by atoms with Crippen molar-refractivity contribution in [3.05, 3.63) is 73.7 Å². The van der Waals surface area contributed by atoms with Crippen molar-refractivity contribution < 1.29 is 13.2 Å². The standard InChI is InChI=1S/C22H21Cl3F3N3S/c1-2-11-31(12-10-14-6-4-3-5-7-14)13-17-20(22(26,27)28)30-21(32-17)29-16-9-8-15(23)18(24)19(16)25/h3-9H,2,10-13H2,1H3,(H,29,30). The lowest BCUT2D eigenvalue weighted by molar-refractivity contribution is -0.141. The van der Waals surface area contributed by atoms with Crippen LogP contribution in [0.1, 0.15) is 29.5 Å². The number of hydrogen-bond donors (Lipinski definition) is 1. The van der Waals surface area contributed by atoms with Gasteiger partial charge in [0.2, 0.25) is 0 Å². The molecule has 0 amide bonds. The first kappa shape index (κ1) is 25.1. The Morgan fingerprint density at radius 2 is 1.72 bits per heavy atom. The number of anilines is 2. The molecule has 0 bridgehead atoms. The molecule has 3 nitrogen and oxygen atoms in total. The summed E-state index contributed by atoms with van der Waals surface area (Å²) in [5.74, 6) is 0. The molecule has 1 N–H and O–H groups in total. The molecule has 0 aliphatic heterocycles. The topological polar surface area (TPSA) is 28.2 Å². The highest BCUT2D eigenvalue weighted by atomic mass is 35.5. The number of halogens is 6. The van der Waals surface area contributed by atoms with Crippen LogP contribution in [0.3, 0.4) is 0 Å². The smallest absolute Gasteiger partial charge is 0.330 e. The Kier molecular flexibility index (Phi) is 8.69. The maximum atomic E-state index is 13.7. The van der Waals surface area contributed by atoms with E-state index in [1.54, 1.807) is 6.07 Å². The van der Waals surface area contributed by atoms with E-state index in [2.05, 4.69) is 10.3 Å². The van der Waals surface area contributed by atoms with Crippen molar-refractivity contribution in [2.75, 3.05) is 18.4 Å². The van der Waals surface area contributed by atoms with Crippen LogP contribution in [0.4, 0.5) is 24.0 Å². The van der Waals surface area contributed by atoms with Crippen LogP contribution in [-0.4, -0.2) is 23.0 Å². The van der Waals surface area contributed by atoms with Gasteiger partial charge < -0.3 is 5.32 Å². The quantitative estimate of drug-likeness (QED) is 0.286. The van der Waals surface area contributed by atoms with E-state index in [0.29, 0.717) is 18.8 Å². The highest BCUT2D eigenvalue weighted by Crippen LogP contribution is 2.40. The number of rotatable bonds is 9. The summed E-state index contributed by atoms with van der Waals surface area (Å²) >= 11 is 19.1. The first-order valence-electron chi connectivity index (χ1n) is 9.92. The molecule has 172 valence electrons. The van der Waals surface area contributed by atoms with Gasteiger partial charge in [0.1, 0.15) is 0 Å². The van der Waals surface area contributed by atoms with Crippen LogP contribution < -0.4 is 5.32 Å². The van der Waals surface area contributed by atoms with E-state index in [0.717, 1.165) is 29.7 Å². The van der Waals surface area contributed by atoms with Gasteiger partial charge in [-0.1, -0.05) is 83.4 Å². The summed E-state index contributed by atoms with van der Waals surface area (Å²) in [7, 11) is 0. The Morgan fingerprint density at radius 3 is 2.38 bits per heavy atom. The molecule has 3 rings (SSSR count). The average molecular weight is 523 g/mol. The van der Waals surface area contributed by atoms with Gasteiger partial charge in [0.05, 0.1) is 25.6 Å². The van der Waals surface area contributed by atoms with Crippen molar-refractivity contribution in [2.24, 2.45) is 0 Å². The number of aromatic nitrogens is 1. The van der Waals surface area contributed by atoms with E-state index in [1.807, 2.05) is 42.2 Å². The third kappa shape index (κ3) is 6.51. The summed E-state index contributed by atoms with van der Waals surface area (Å²) in [4.78, 5) is 5.99. The third-order valence-corrected chi connectivity index (χ3v) is 6.96. The monoisotopic (exact) mass is 521 g/mol. The lowest BCUT2D eigenvalue weighted by atomic mass is 10.1. The predicted octanol–water partition coefficient (Wildman–Crippen LogP) is 8.32. The number of nitrogens with one attached hydrogen (secondary N) is 1. The number of hydrogen-bond acceptors (Lipinski definition) is 4. The molecule has 0 radical (unpaired) electrons. The van der Waals surface area contributed by atoms with Crippen LogP contribution in [0.15, 0.2) is 42.5 Å². The Labute approximate surface area is 204 Å². The molecule has 3 aromatic rings. The average Bonchev–Trinajstić information content (AvgIpc) is 3.16. The van der Waals surface area contributed by atoms with E-state index in [-0.39, 0.29) is 31.6 Å². The van der Waals surface area contributed by atoms with Crippen LogP contribution in [0, 0.1) is 0 Å². The predicted molar refractivity (Wildman–Crippen MR) is 128 cm³/mol. The van der Waals surface area contributed by atoms with Crippen LogP contribution in [-0.2, 0) is 19.1 Å². The highest BCUT2D eigenvalue weighted by Gasteiger charge is 2.38. The van der Waals surface area contributed by atoms with Crippen molar-refractivity contribution in [2.45, 2.75) is 32.5 Å². The second-order valence-electron chi connectivity index (χ2n) is 7.15. The van der Waals surface area contributed by atoms with Gasteiger partial charge in [0.25, 0.3) is 0 Å². The maximum absolute atomic E-state index is 13.7. The molecule has 10 heteroatoms. The van der Waals surface area contributed by atoms with Gasteiger partial charge in [0, 0.05) is 13.1 Å². The molecular formula is C22H21Cl3F3N3S. The van der Waals surface area contributed by atoms with E-state index < -0.39 is 11.9 Å². The zero-order valence-electron chi connectivity index (χ0n) is 17.1. The van der Waals surface area contributed by atoms with Crippen LogP contribution in [0.2, 0.25) is 15.1 Å². The van der Waals surface area contributed by atoms with E-state index in [4.69, 9.17) is 34.8 Å². The number of nitrogens with zero attached hydrogens (tertiary/aromatic N) is 2. The molecule has 0 aliphatic rings. The molecule has 0 atom stereocenters. The van der Waals surface area contributed by atoms with Gasteiger partial charge >= 0.3 is 6.18 Å². The molecule has 1 heterocycles. The molecule has 2 aromatic carbocycles. The second kappa shape index (κ2) is 11.1. The van der Waals surface area contributed by atoms with Gasteiger partial charge in [-0.25, -0.2) is 4.98 Å². The fraction of sp³-hybridized carbons (Fsp3) is 0.318. The molecule has 0 fully saturated rings. The second-order valence-corrected chi connectivity index (χ2v) is 9.39. The third-order valence-electron chi connectivity index (χ3n) is 4.71. The normalized spacial score (nSPS) is 11.9. The van der Waals surface area contributed by atoms with Crippen molar-refractivity contribution in [1.29, 1.82) is 0 Å². The van der Waals surface area contributed by atoms with Gasteiger partial charge in [-0.3, -0.25) is 4.90 Å². The zero-order valence-corrected chi connectivity index (χ0v) is 20.2. The molecule has 0 unspecified atom stereocenters. The van der Waals surface area contributed by atoms with Crippen molar-refractivity contribution in [1.82, 2.24) is 9.88 Å². The molecule has 0 aliphatic carbocycles. The summed E-state index contributed by atoms with van der Waals surface area (Å²) in [6.45, 7) is 3.49. The molecule has 0 saturated heterocycles. The van der Waals surface area contributed by atoms with Gasteiger partial charge in [-0.15, -0.1) is 0 Å². The van der Waals surface area contributed by atoms with Crippen molar-refractivity contribution in [3.63, 3.8) is 0 Å². The Balaban J connectivity index is 1.82. The molecule has 1 aromatic heterocycles. The lowest BCUT2D eigenvalue weighted by Crippen LogP contribution is -2.27. The first-order valence-corrected chi connectivity index (χ1v) is 11.9. The SMILES string of the molecule is CCCN(CCc1ccccc1)Cc1sc(Nc2ccc(Cl)c(Cl)c2Cl)nc1C(F)(F)F. The molecule has 32 heavy (non-hydrogen) atoms. The molecular weight excluding hydrogens is 502 g/mol. The lowest BCUT2D eigenvalue weighted by Gasteiger charge is -2.21. The zero-order chi connectivity index (χ0) is 23.3. The van der Waals surface area contributed by atoms with Crippen molar-refractivity contribution >= 4 is 57.0 Å². The summed E-state index contributed by atoms with van der Waals surface area (Å²) in [5.41, 5.74) is 0.595. The van der Waals surface area contributed by atoms with Gasteiger partial charge in [0.15, 0.2) is 10.8 Å². The Hall–Kier alpha value is -1.51. The minimum absolute atomic E-state index is 0.0899. The largest absolute Gasteiger partial charge is 0.434 e. The molecule has 0 saturated carbocycles. The van der Waals surface area contributed by atoms with Gasteiger partial charge in [-0.2, -0.15) is 13.2 Å². The molecule has 0 spiro atoms. The van der Waals surface area contributed by atoms with Gasteiger partial charge in [-0.05, 0) is 37.1 Å². The maximum Gasteiger partial charge on any atom is 0.434 e. The van der Waals surface area contributed by atoms with Crippen LogP contribution in [0.5, 0.6) is 0 Å². The number of benzene rings is 2. The number of alkyl halides is 3. The highest BCUT2D eigenvalue weighted by molar-refractivity contribution is 7.15. The Bertz CT molecular complexity index is 1040. The minimum Gasteiger partial charge on any atom is -0.330 e. The summed E-state index contributed by atoms with van der Waals surface area (Å²) < 4.78 is 41.2. The summed E-state index contributed by atoms with van der Waals surface area (Å²) in [6.07, 6.45) is -2.98. The van der Waals surface area contributed by atoms with Crippen LogP contribution >= 0.6 is 46.1 Å².